The highest BCUT2D eigenvalue weighted by Crippen LogP contribution is 2.27. The van der Waals surface area contributed by atoms with Crippen LogP contribution in [-0.2, 0) is 27.3 Å². The minimum atomic E-state index is -0.406. The molecule has 8 heteroatoms. The second-order valence-corrected chi connectivity index (χ2v) is 9.44. The third kappa shape index (κ3) is 6.68. The number of carbonyl (C=O) groups excluding carboxylic acids is 3. The normalized spacial score (nSPS) is 14.9. The van der Waals surface area contributed by atoms with Crippen molar-refractivity contribution in [3.05, 3.63) is 88.4 Å². The van der Waals surface area contributed by atoms with Crippen LogP contribution in [0, 0.1) is 12.8 Å². The molecule has 0 unspecified atom stereocenters. The van der Waals surface area contributed by atoms with Gasteiger partial charge in [-0.3, -0.25) is 14.4 Å². The van der Waals surface area contributed by atoms with Gasteiger partial charge in [0, 0.05) is 35.9 Å². The molecule has 0 radical (unpaired) electrons. The number of benzene rings is 3. The van der Waals surface area contributed by atoms with E-state index in [1.807, 2.05) is 19.1 Å². The Morgan fingerprint density at radius 3 is 2.43 bits per heavy atom. The highest BCUT2D eigenvalue weighted by Gasteiger charge is 2.35. The monoisotopic (exact) mass is 519 g/mol. The van der Waals surface area contributed by atoms with Gasteiger partial charge in [0.1, 0.15) is 5.75 Å². The zero-order chi connectivity index (χ0) is 26.4. The van der Waals surface area contributed by atoms with Crippen molar-refractivity contribution in [2.45, 2.75) is 33.2 Å². The van der Waals surface area contributed by atoms with Gasteiger partial charge < -0.3 is 20.3 Å². The van der Waals surface area contributed by atoms with Crippen molar-refractivity contribution in [3.63, 3.8) is 0 Å². The minimum Gasteiger partial charge on any atom is -0.484 e. The molecule has 0 aromatic heterocycles. The molecule has 37 heavy (non-hydrogen) atoms. The van der Waals surface area contributed by atoms with Gasteiger partial charge in [-0.25, -0.2) is 0 Å². The summed E-state index contributed by atoms with van der Waals surface area (Å²) >= 11 is 6.09. The standard InChI is InChI=1S/C29H30ClN3O4/c1-3-20-7-9-21(10-8-20)16-31-29(36)22-15-28(35)33(17-22)23-11-13-24(14-12-23)37-18-27(34)32-26-6-4-5-25(30)19(26)2/h4-14,22H,3,15-18H2,1-2H3,(H,31,36)(H,32,34)/t22-/m0/s1. The molecule has 0 bridgehead atoms. The molecule has 7 nitrogen and oxygen atoms in total. The SMILES string of the molecule is CCc1ccc(CNC(=O)[C@H]2CC(=O)N(c3ccc(OCC(=O)Nc4cccc(Cl)c4C)cc3)C2)cc1. The van der Waals surface area contributed by atoms with Crippen LogP contribution in [0.4, 0.5) is 11.4 Å². The van der Waals surface area contributed by atoms with Gasteiger partial charge in [-0.1, -0.05) is 48.9 Å². The Bertz CT molecular complexity index is 1280. The Morgan fingerprint density at radius 2 is 1.73 bits per heavy atom. The Kier molecular flexibility index (Phi) is 8.46. The Morgan fingerprint density at radius 1 is 1.03 bits per heavy atom. The van der Waals surface area contributed by atoms with Gasteiger partial charge in [-0.05, 0) is 66.4 Å². The molecule has 1 aliphatic heterocycles. The molecule has 2 N–H and O–H groups in total. The lowest BCUT2D eigenvalue weighted by Gasteiger charge is -2.17. The summed E-state index contributed by atoms with van der Waals surface area (Å²) in [5.41, 5.74) is 4.38. The molecule has 4 rings (SSSR count). The largest absolute Gasteiger partial charge is 0.484 e. The first-order valence-electron chi connectivity index (χ1n) is 12.3. The number of anilines is 2. The second-order valence-electron chi connectivity index (χ2n) is 9.04. The number of aryl methyl sites for hydroxylation is 1. The highest BCUT2D eigenvalue weighted by molar-refractivity contribution is 6.31. The molecule has 1 aliphatic rings. The third-order valence-corrected chi connectivity index (χ3v) is 6.86. The molecule has 1 atom stereocenters. The fourth-order valence-electron chi connectivity index (χ4n) is 4.16. The van der Waals surface area contributed by atoms with Gasteiger partial charge in [-0.2, -0.15) is 0 Å². The molecule has 192 valence electrons. The Balaban J connectivity index is 1.26. The molecule has 0 aliphatic carbocycles. The Hall–Kier alpha value is -3.84. The molecule has 1 saturated heterocycles. The average Bonchev–Trinajstić information content (AvgIpc) is 3.31. The van der Waals surface area contributed by atoms with Crippen molar-refractivity contribution >= 4 is 40.7 Å². The molecule has 0 saturated carbocycles. The van der Waals surface area contributed by atoms with E-state index in [0.717, 1.165) is 17.5 Å². The highest BCUT2D eigenvalue weighted by atomic mass is 35.5. The average molecular weight is 520 g/mol. The van der Waals surface area contributed by atoms with Gasteiger partial charge in [0.2, 0.25) is 11.8 Å². The maximum absolute atomic E-state index is 12.7. The van der Waals surface area contributed by atoms with Crippen molar-refractivity contribution in [3.8, 4) is 5.75 Å². The number of rotatable bonds is 9. The molecular formula is C29H30ClN3O4. The first kappa shape index (κ1) is 26.2. The summed E-state index contributed by atoms with van der Waals surface area (Å²) in [6.45, 7) is 4.52. The number of ether oxygens (including phenoxy) is 1. The number of amides is 3. The fourth-order valence-corrected chi connectivity index (χ4v) is 4.33. The van der Waals surface area contributed by atoms with Crippen molar-refractivity contribution in [2.24, 2.45) is 5.92 Å². The number of nitrogens with zero attached hydrogens (tertiary/aromatic N) is 1. The van der Waals surface area contributed by atoms with E-state index in [1.54, 1.807) is 47.4 Å². The van der Waals surface area contributed by atoms with Crippen molar-refractivity contribution in [2.75, 3.05) is 23.4 Å². The lowest BCUT2D eigenvalue weighted by Crippen LogP contribution is -2.32. The molecule has 1 fully saturated rings. The van der Waals surface area contributed by atoms with Gasteiger partial charge in [0.15, 0.2) is 6.61 Å². The number of hydrogen-bond donors (Lipinski definition) is 2. The first-order chi connectivity index (χ1) is 17.8. The Labute approximate surface area is 221 Å². The third-order valence-electron chi connectivity index (χ3n) is 6.45. The summed E-state index contributed by atoms with van der Waals surface area (Å²) in [4.78, 5) is 39.2. The van der Waals surface area contributed by atoms with Gasteiger partial charge in [0.25, 0.3) is 5.91 Å². The van der Waals surface area contributed by atoms with Crippen LogP contribution in [0.2, 0.25) is 5.02 Å². The molecular weight excluding hydrogens is 490 g/mol. The fraction of sp³-hybridized carbons (Fsp3) is 0.276. The number of hydrogen-bond acceptors (Lipinski definition) is 4. The topological polar surface area (TPSA) is 87.7 Å². The van der Waals surface area contributed by atoms with Crippen LogP contribution in [0.25, 0.3) is 0 Å². The molecule has 3 amide bonds. The summed E-state index contributed by atoms with van der Waals surface area (Å²) in [7, 11) is 0. The predicted molar refractivity (Wildman–Crippen MR) is 145 cm³/mol. The predicted octanol–water partition coefficient (Wildman–Crippen LogP) is 4.90. The van der Waals surface area contributed by atoms with Crippen LogP contribution in [0.15, 0.2) is 66.7 Å². The van der Waals surface area contributed by atoms with Gasteiger partial charge in [0.05, 0.1) is 5.92 Å². The lowest BCUT2D eigenvalue weighted by atomic mass is 10.1. The van der Waals surface area contributed by atoms with Crippen molar-refractivity contribution < 1.29 is 19.1 Å². The maximum atomic E-state index is 12.7. The van der Waals surface area contributed by atoms with Crippen LogP contribution in [0.3, 0.4) is 0 Å². The van der Waals surface area contributed by atoms with E-state index in [1.165, 1.54) is 5.56 Å². The van der Waals surface area contributed by atoms with Crippen molar-refractivity contribution in [1.82, 2.24) is 5.32 Å². The van der Waals surface area contributed by atoms with Crippen LogP contribution >= 0.6 is 11.6 Å². The number of nitrogens with one attached hydrogen (secondary N) is 2. The zero-order valence-corrected chi connectivity index (χ0v) is 21.7. The van der Waals surface area contributed by atoms with E-state index in [4.69, 9.17) is 16.3 Å². The quantitative estimate of drug-likeness (QED) is 0.421. The second kappa shape index (κ2) is 11.9. The molecule has 3 aromatic rings. The zero-order valence-electron chi connectivity index (χ0n) is 20.9. The van der Waals surface area contributed by atoms with Crippen LogP contribution < -0.4 is 20.3 Å². The van der Waals surface area contributed by atoms with Crippen LogP contribution in [0.5, 0.6) is 5.75 Å². The van der Waals surface area contributed by atoms with E-state index in [9.17, 15) is 14.4 Å². The number of carbonyl (C=O) groups is 3. The summed E-state index contributed by atoms with van der Waals surface area (Å²) in [6, 6.07) is 20.3. The summed E-state index contributed by atoms with van der Waals surface area (Å²) in [6.07, 6.45) is 1.14. The van der Waals surface area contributed by atoms with Crippen LogP contribution in [0.1, 0.15) is 30.0 Å². The van der Waals surface area contributed by atoms with E-state index in [-0.39, 0.29) is 30.7 Å². The smallest absolute Gasteiger partial charge is 0.262 e. The van der Waals surface area contributed by atoms with E-state index < -0.39 is 5.92 Å². The lowest BCUT2D eigenvalue weighted by molar-refractivity contribution is -0.126. The van der Waals surface area contributed by atoms with Gasteiger partial charge >= 0.3 is 0 Å². The van der Waals surface area contributed by atoms with E-state index >= 15 is 0 Å². The maximum Gasteiger partial charge on any atom is 0.262 e. The first-order valence-corrected chi connectivity index (χ1v) is 12.7. The number of halogens is 1. The summed E-state index contributed by atoms with van der Waals surface area (Å²) < 4.78 is 5.59. The van der Waals surface area contributed by atoms with E-state index in [0.29, 0.717) is 35.2 Å². The summed E-state index contributed by atoms with van der Waals surface area (Å²) in [5, 5.41) is 6.31. The van der Waals surface area contributed by atoms with Crippen molar-refractivity contribution in [1.29, 1.82) is 0 Å². The minimum absolute atomic E-state index is 0.0996. The molecule has 0 spiro atoms. The molecule has 3 aromatic carbocycles. The molecule has 1 heterocycles. The van der Waals surface area contributed by atoms with E-state index in [2.05, 4.69) is 29.7 Å². The van der Waals surface area contributed by atoms with Crippen LogP contribution in [-0.4, -0.2) is 30.9 Å². The van der Waals surface area contributed by atoms with Gasteiger partial charge in [-0.15, -0.1) is 0 Å². The summed E-state index contributed by atoms with van der Waals surface area (Å²) in [5.74, 6) is -0.443.